The van der Waals surface area contributed by atoms with Crippen LogP contribution in [0.1, 0.15) is 40.3 Å². The minimum Gasteiger partial charge on any atom is -0.464 e. The molecule has 0 aliphatic rings. The molecule has 0 radical (unpaired) electrons. The van der Waals surface area contributed by atoms with E-state index >= 15 is 0 Å². The highest BCUT2D eigenvalue weighted by atomic mass is 35.5. The molecule has 0 fully saturated rings. The first-order valence-electron chi connectivity index (χ1n) is 9.27. The van der Waals surface area contributed by atoms with Gasteiger partial charge in [0.25, 0.3) is 5.91 Å². The Labute approximate surface area is 174 Å². The lowest BCUT2D eigenvalue weighted by molar-refractivity contribution is -0.145. The predicted octanol–water partition coefficient (Wildman–Crippen LogP) is 4.18. The number of amides is 1. The minimum atomic E-state index is -0.976. The number of halogens is 1. The van der Waals surface area contributed by atoms with E-state index in [-0.39, 0.29) is 6.61 Å². The molecule has 29 heavy (non-hydrogen) atoms. The summed E-state index contributed by atoms with van der Waals surface area (Å²) in [6, 6.07) is 15.1. The maximum atomic E-state index is 12.8. The molecule has 0 bridgehead atoms. The Morgan fingerprint density at radius 2 is 1.76 bits per heavy atom. The molecule has 6 nitrogen and oxygen atoms in total. The van der Waals surface area contributed by atoms with Crippen LogP contribution in [-0.2, 0) is 9.53 Å². The smallest absolute Gasteiger partial charge is 0.333 e. The van der Waals surface area contributed by atoms with Crippen LogP contribution in [0.5, 0.6) is 0 Å². The fourth-order valence-electron chi connectivity index (χ4n) is 3.18. The summed E-state index contributed by atoms with van der Waals surface area (Å²) in [5, 5.41) is 7.89. The van der Waals surface area contributed by atoms with Gasteiger partial charge in [-0.05, 0) is 57.2 Å². The predicted molar refractivity (Wildman–Crippen MR) is 111 cm³/mol. The fourth-order valence-corrected chi connectivity index (χ4v) is 3.31. The van der Waals surface area contributed by atoms with E-state index in [0.717, 1.165) is 11.4 Å². The Kier molecular flexibility index (Phi) is 6.34. The highest BCUT2D eigenvalue weighted by Crippen LogP contribution is 2.26. The summed E-state index contributed by atoms with van der Waals surface area (Å²) >= 11 is 5.90. The van der Waals surface area contributed by atoms with Crippen molar-refractivity contribution in [3.63, 3.8) is 0 Å². The van der Waals surface area contributed by atoms with Gasteiger partial charge in [0.1, 0.15) is 0 Å². The first-order chi connectivity index (χ1) is 13.9. The van der Waals surface area contributed by atoms with E-state index < -0.39 is 17.9 Å². The highest BCUT2D eigenvalue weighted by molar-refractivity contribution is 6.30. The zero-order chi connectivity index (χ0) is 21.0. The van der Waals surface area contributed by atoms with E-state index in [1.807, 2.05) is 44.2 Å². The number of rotatable bonds is 6. The van der Waals surface area contributed by atoms with Gasteiger partial charge >= 0.3 is 5.97 Å². The van der Waals surface area contributed by atoms with Gasteiger partial charge in [-0.25, -0.2) is 9.48 Å². The maximum Gasteiger partial charge on any atom is 0.333 e. The van der Waals surface area contributed by atoms with Crippen molar-refractivity contribution in [2.24, 2.45) is 0 Å². The number of carbonyl (C=O) groups excluding carboxylic acids is 2. The number of ether oxygens (including phenoxy) is 1. The summed E-state index contributed by atoms with van der Waals surface area (Å²) in [5.74, 6) is -0.931. The Morgan fingerprint density at radius 3 is 2.38 bits per heavy atom. The van der Waals surface area contributed by atoms with Crippen LogP contribution in [0, 0.1) is 13.8 Å². The third-order valence-corrected chi connectivity index (χ3v) is 4.79. The molecule has 1 N–H and O–H groups in total. The molecule has 3 rings (SSSR count). The molecule has 0 aliphatic carbocycles. The molecule has 0 unspecified atom stereocenters. The monoisotopic (exact) mass is 411 g/mol. The van der Waals surface area contributed by atoms with Crippen LogP contribution < -0.4 is 5.32 Å². The zero-order valence-electron chi connectivity index (χ0n) is 16.5. The summed E-state index contributed by atoms with van der Waals surface area (Å²) in [5.41, 5.74) is 3.28. The second-order valence-corrected chi connectivity index (χ2v) is 6.93. The topological polar surface area (TPSA) is 73.2 Å². The number of hydrogen-bond donors (Lipinski definition) is 1. The van der Waals surface area contributed by atoms with Gasteiger partial charge < -0.3 is 10.1 Å². The number of para-hydroxylation sites is 1. The van der Waals surface area contributed by atoms with E-state index in [9.17, 15) is 9.59 Å². The molecule has 2 aromatic carbocycles. The van der Waals surface area contributed by atoms with Crippen molar-refractivity contribution in [1.82, 2.24) is 15.1 Å². The average molecular weight is 412 g/mol. The van der Waals surface area contributed by atoms with Gasteiger partial charge in [-0.3, -0.25) is 4.79 Å². The van der Waals surface area contributed by atoms with Crippen LogP contribution in [0.15, 0.2) is 54.6 Å². The Morgan fingerprint density at radius 1 is 1.10 bits per heavy atom. The second-order valence-electron chi connectivity index (χ2n) is 6.50. The van der Waals surface area contributed by atoms with Crippen molar-refractivity contribution in [2.45, 2.75) is 26.8 Å². The molecule has 3 aromatic rings. The van der Waals surface area contributed by atoms with Crippen molar-refractivity contribution in [1.29, 1.82) is 0 Å². The lowest BCUT2D eigenvalue weighted by Gasteiger charge is -2.18. The molecule has 1 aromatic heterocycles. The number of carbonyl (C=O) groups is 2. The molecular weight excluding hydrogens is 390 g/mol. The number of nitrogens with one attached hydrogen (secondary N) is 1. The second kappa shape index (κ2) is 8.92. The third-order valence-electron chi connectivity index (χ3n) is 4.54. The van der Waals surface area contributed by atoms with Crippen LogP contribution in [0.2, 0.25) is 5.02 Å². The van der Waals surface area contributed by atoms with Gasteiger partial charge in [0.15, 0.2) is 6.04 Å². The number of aryl methyl sites for hydroxylation is 1. The number of nitrogens with zero attached hydrogens (tertiary/aromatic N) is 2. The number of aromatic nitrogens is 2. The largest absolute Gasteiger partial charge is 0.464 e. The van der Waals surface area contributed by atoms with Crippen molar-refractivity contribution in [3.8, 4) is 5.69 Å². The zero-order valence-corrected chi connectivity index (χ0v) is 17.2. The number of benzene rings is 2. The van der Waals surface area contributed by atoms with Gasteiger partial charge in [-0.2, -0.15) is 5.10 Å². The van der Waals surface area contributed by atoms with Gasteiger partial charge in [-0.15, -0.1) is 0 Å². The summed E-state index contributed by atoms with van der Waals surface area (Å²) in [7, 11) is 0. The molecule has 0 saturated carbocycles. The minimum absolute atomic E-state index is 0.205. The van der Waals surface area contributed by atoms with Crippen LogP contribution in [0.3, 0.4) is 0 Å². The molecule has 0 saturated heterocycles. The summed E-state index contributed by atoms with van der Waals surface area (Å²) in [6.45, 7) is 5.60. The standard InChI is InChI=1S/C22H22ClN3O3/c1-4-29-22(28)20(24-21(27)16-10-12-17(23)13-11-16)19-14(2)25-26(15(19)3)18-8-6-5-7-9-18/h5-13,20H,4H2,1-3H3,(H,24,27)/t20-/m1/s1. The first-order valence-corrected chi connectivity index (χ1v) is 9.64. The van der Waals surface area contributed by atoms with Crippen molar-refractivity contribution in [3.05, 3.63) is 82.1 Å². The van der Waals surface area contributed by atoms with E-state index in [1.165, 1.54) is 0 Å². The van der Waals surface area contributed by atoms with Crippen molar-refractivity contribution < 1.29 is 14.3 Å². The highest BCUT2D eigenvalue weighted by Gasteiger charge is 2.30. The Balaban J connectivity index is 1.99. The van der Waals surface area contributed by atoms with Gasteiger partial charge in [0.05, 0.1) is 18.0 Å². The van der Waals surface area contributed by atoms with E-state index in [4.69, 9.17) is 16.3 Å². The van der Waals surface area contributed by atoms with Gasteiger partial charge in [0, 0.05) is 21.8 Å². The van der Waals surface area contributed by atoms with E-state index in [0.29, 0.717) is 21.8 Å². The first kappa shape index (κ1) is 20.6. The Bertz CT molecular complexity index is 1010. The molecule has 0 spiro atoms. The van der Waals surface area contributed by atoms with Crippen LogP contribution >= 0.6 is 11.6 Å². The fraction of sp³-hybridized carbons (Fsp3) is 0.227. The van der Waals surface area contributed by atoms with Crippen molar-refractivity contribution >= 4 is 23.5 Å². The molecule has 150 valence electrons. The molecular formula is C22H22ClN3O3. The molecule has 0 aliphatic heterocycles. The quantitative estimate of drug-likeness (QED) is 0.617. The summed E-state index contributed by atoms with van der Waals surface area (Å²) in [6.07, 6.45) is 0. The maximum absolute atomic E-state index is 12.8. The average Bonchev–Trinajstić information content (AvgIpc) is 3.01. The number of hydrogen-bond acceptors (Lipinski definition) is 4. The Hall–Kier alpha value is -3.12. The van der Waals surface area contributed by atoms with Gasteiger partial charge in [-0.1, -0.05) is 29.8 Å². The molecule has 1 heterocycles. The third kappa shape index (κ3) is 4.49. The summed E-state index contributed by atoms with van der Waals surface area (Å²) in [4.78, 5) is 25.5. The lowest BCUT2D eigenvalue weighted by atomic mass is 10.0. The summed E-state index contributed by atoms with van der Waals surface area (Å²) < 4.78 is 6.98. The van der Waals surface area contributed by atoms with Crippen LogP contribution in [0.4, 0.5) is 0 Å². The normalized spacial score (nSPS) is 11.7. The lowest BCUT2D eigenvalue weighted by Crippen LogP contribution is -2.35. The van der Waals surface area contributed by atoms with Crippen LogP contribution in [0.25, 0.3) is 5.69 Å². The molecule has 7 heteroatoms. The van der Waals surface area contributed by atoms with E-state index in [2.05, 4.69) is 10.4 Å². The SMILES string of the molecule is CCOC(=O)[C@H](NC(=O)c1ccc(Cl)cc1)c1c(C)nn(-c2ccccc2)c1C. The number of esters is 1. The van der Waals surface area contributed by atoms with Crippen LogP contribution in [-0.4, -0.2) is 28.3 Å². The van der Waals surface area contributed by atoms with Gasteiger partial charge in [0.2, 0.25) is 0 Å². The molecule has 1 amide bonds. The van der Waals surface area contributed by atoms with E-state index in [1.54, 1.807) is 35.9 Å². The van der Waals surface area contributed by atoms with Crippen molar-refractivity contribution in [2.75, 3.05) is 6.61 Å². The molecule has 1 atom stereocenters.